The van der Waals surface area contributed by atoms with Crippen LogP contribution in [0.25, 0.3) is 0 Å². The van der Waals surface area contributed by atoms with Crippen molar-refractivity contribution in [2.75, 3.05) is 6.54 Å². The first-order chi connectivity index (χ1) is 7.27. The topological polar surface area (TPSA) is 42.7 Å². The second-order valence-electron chi connectivity index (χ2n) is 3.93. The van der Waals surface area contributed by atoms with Crippen molar-refractivity contribution < 1.29 is 0 Å². The Morgan fingerprint density at radius 3 is 2.93 bits per heavy atom. The number of hydrogen-bond donors (Lipinski definition) is 1. The van der Waals surface area contributed by atoms with E-state index in [1.807, 2.05) is 0 Å². The number of rotatable bonds is 7. The zero-order chi connectivity index (χ0) is 11.1. The minimum atomic E-state index is 0.605. The maximum atomic E-state index is 4.10. The summed E-state index contributed by atoms with van der Waals surface area (Å²) in [6.45, 7) is 8.49. The summed E-state index contributed by atoms with van der Waals surface area (Å²) in [7, 11) is 0. The van der Waals surface area contributed by atoms with Crippen molar-refractivity contribution in [1.82, 2.24) is 20.1 Å². The lowest BCUT2D eigenvalue weighted by molar-refractivity contribution is 0.504. The number of aromatic nitrogens is 3. The molecule has 0 aliphatic heterocycles. The fourth-order valence-electron chi connectivity index (χ4n) is 1.70. The van der Waals surface area contributed by atoms with Gasteiger partial charge in [-0.05, 0) is 20.3 Å². The largest absolute Gasteiger partial charge is 0.318 e. The molecule has 0 bridgehead atoms. The highest BCUT2D eigenvalue weighted by molar-refractivity contribution is 4.86. The lowest BCUT2D eigenvalue weighted by Gasteiger charge is -2.12. The quantitative estimate of drug-likeness (QED) is 0.743. The van der Waals surface area contributed by atoms with E-state index in [4.69, 9.17) is 0 Å². The van der Waals surface area contributed by atoms with E-state index >= 15 is 0 Å². The Morgan fingerprint density at radius 2 is 2.27 bits per heavy atom. The van der Waals surface area contributed by atoms with Gasteiger partial charge in [0.2, 0.25) is 0 Å². The van der Waals surface area contributed by atoms with Crippen molar-refractivity contribution in [2.45, 2.75) is 52.6 Å². The van der Waals surface area contributed by atoms with Crippen LogP contribution < -0.4 is 5.32 Å². The molecule has 1 aromatic rings. The molecule has 86 valence electrons. The van der Waals surface area contributed by atoms with Gasteiger partial charge in [0.25, 0.3) is 0 Å². The molecule has 0 amide bonds. The molecule has 0 saturated heterocycles. The minimum Gasteiger partial charge on any atom is -0.318 e. The molecule has 4 heteroatoms. The standard InChI is InChI=1S/C11H22N4/c1-4-6-10(3)12-8-7-11-14-13-9-15(11)5-2/h9-10,12H,4-8H2,1-3H3. The summed E-state index contributed by atoms with van der Waals surface area (Å²) in [6.07, 6.45) is 5.23. The predicted molar refractivity (Wildman–Crippen MR) is 61.8 cm³/mol. The second-order valence-corrected chi connectivity index (χ2v) is 3.93. The molecule has 0 aromatic carbocycles. The van der Waals surface area contributed by atoms with Crippen LogP contribution in [-0.2, 0) is 13.0 Å². The Balaban J connectivity index is 2.25. The van der Waals surface area contributed by atoms with Crippen LogP contribution in [0.1, 0.15) is 39.4 Å². The molecule has 1 atom stereocenters. The number of nitrogens with zero attached hydrogens (tertiary/aromatic N) is 3. The molecule has 4 nitrogen and oxygen atoms in total. The average molecular weight is 210 g/mol. The number of nitrogens with one attached hydrogen (secondary N) is 1. The van der Waals surface area contributed by atoms with Gasteiger partial charge in [-0.15, -0.1) is 10.2 Å². The summed E-state index contributed by atoms with van der Waals surface area (Å²) in [5.74, 6) is 1.08. The van der Waals surface area contributed by atoms with Gasteiger partial charge in [0, 0.05) is 25.6 Å². The molecular weight excluding hydrogens is 188 g/mol. The van der Waals surface area contributed by atoms with E-state index in [1.165, 1.54) is 12.8 Å². The smallest absolute Gasteiger partial charge is 0.134 e. The molecule has 1 heterocycles. The van der Waals surface area contributed by atoms with Gasteiger partial charge in [0.1, 0.15) is 12.2 Å². The van der Waals surface area contributed by atoms with Crippen LogP contribution >= 0.6 is 0 Å². The molecule has 1 N–H and O–H groups in total. The molecule has 0 radical (unpaired) electrons. The third-order valence-electron chi connectivity index (χ3n) is 2.60. The average Bonchev–Trinajstić information content (AvgIpc) is 2.66. The van der Waals surface area contributed by atoms with Gasteiger partial charge in [-0.25, -0.2) is 0 Å². The predicted octanol–water partition coefficient (Wildman–Crippen LogP) is 1.62. The van der Waals surface area contributed by atoms with E-state index in [-0.39, 0.29) is 0 Å². The van der Waals surface area contributed by atoms with Crippen molar-refractivity contribution in [3.05, 3.63) is 12.2 Å². The Labute approximate surface area is 92.1 Å². The Hall–Kier alpha value is -0.900. The maximum Gasteiger partial charge on any atom is 0.134 e. The van der Waals surface area contributed by atoms with Gasteiger partial charge < -0.3 is 9.88 Å². The lowest BCUT2D eigenvalue weighted by Crippen LogP contribution is -2.28. The molecule has 0 saturated carbocycles. The summed E-state index contributed by atoms with van der Waals surface area (Å²) in [4.78, 5) is 0. The second kappa shape index (κ2) is 6.56. The van der Waals surface area contributed by atoms with E-state index in [0.717, 1.165) is 25.3 Å². The Bertz CT molecular complexity index is 269. The van der Waals surface area contributed by atoms with Crippen LogP contribution in [0.3, 0.4) is 0 Å². The van der Waals surface area contributed by atoms with Gasteiger partial charge >= 0.3 is 0 Å². The maximum absolute atomic E-state index is 4.10. The molecule has 0 fully saturated rings. The first-order valence-electron chi connectivity index (χ1n) is 5.88. The van der Waals surface area contributed by atoms with E-state index in [9.17, 15) is 0 Å². The molecule has 15 heavy (non-hydrogen) atoms. The highest BCUT2D eigenvalue weighted by atomic mass is 15.3. The number of hydrogen-bond acceptors (Lipinski definition) is 3. The molecule has 1 aromatic heterocycles. The Morgan fingerprint density at radius 1 is 1.47 bits per heavy atom. The van der Waals surface area contributed by atoms with Gasteiger partial charge in [0.05, 0.1) is 0 Å². The van der Waals surface area contributed by atoms with Crippen molar-refractivity contribution >= 4 is 0 Å². The molecule has 1 rings (SSSR count). The normalized spacial score (nSPS) is 13.0. The molecule has 1 unspecified atom stereocenters. The van der Waals surface area contributed by atoms with Crippen molar-refractivity contribution in [1.29, 1.82) is 0 Å². The summed E-state index contributed by atoms with van der Waals surface area (Å²) in [6, 6.07) is 0.605. The number of aryl methyl sites for hydroxylation is 1. The van der Waals surface area contributed by atoms with Crippen LogP contribution in [0.5, 0.6) is 0 Å². The molecule has 0 aliphatic rings. The van der Waals surface area contributed by atoms with E-state index in [2.05, 4.69) is 40.9 Å². The van der Waals surface area contributed by atoms with Crippen molar-refractivity contribution in [3.8, 4) is 0 Å². The fraction of sp³-hybridized carbons (Fsp3) is 0.818. The summed E-state index contributed by atoms with van der Waals surface area (Å²) >= 11 is 0. The monoisotopic (exact) mass is 210 g/mol. The van der Waals surface area contributed by atoms with Crippen molar-refractivity contribution in [2.24, 2.45) is 0 Å². The van der Waals surface area contributed by atoms with E-state index in [0.29, 0.717) is 6.04 Å². The van der Waals surface area contributed by atoms with E-state index < -0.39 is 0 Å². The summed E-state index contributed by atoms with van der Waals surface area (Å²) < 4.78 is 2.09. The minimum absolute atomic E-state index is 0.605. The van der Waals surface area contributed by atoms with Crippen LogP contribution in [-0.4, -0.2) is 27.4 Å². The van der Waals surface area contributed by atoms with Crippen LogP contribution in [0, 0.1) is 0 Å². The Kier molecular flexibility index (Phi) is 5.32. The molecule has 0 spiro atoms. The van der Waals surface area contributed by atoms with Gasteiger partial charge in [-0.3, -0.25) is 0 Å². The SMILES string of the molecule is CCCC(C)NCCc1nncn1CC. The zero-order valence-corrected chi connectivity index (χ0v) is 10.0. The van der Waals surface area contributed by atoms with Gasteiger partial charge in [-0.1, -0.05) is 13.3 Å². The highest BCUT2D eigenvalue weighted by Crippen LogP contribution is 1.97. The van der Waals surface area contributed by atoms with E-state index in [1.54, 1.807) is 6.33 Å². The van der Waals surface area contributed by atoms with Crippen LogP contribution in [0.15, 0.2) is 6.33 Å². The van der Waals surface area contributed by atoms with Crippen molar-refractivity contribution in [3.63, 3.8) is 0 Å². The van der Waals surface area contributed by atoms with Crippen LogP contribution in [0.4, 0.5) is 0 Å². The molecule has 0 aliphatic carbocycles. The first-order valence-corrected chi connectivity index (χ1v) is 5.88. The third kappa shape index (κ3) is 4.00. The van der Waals surface area contributed by atoms with Gasteiger partial charge in [0.15, 0.2) is 0 Å². The fourth-order valence-corrected chi connectivity index (χ4v) is 1.70. The highest BCUT2D eigenvalue weighted by Gasteiger charge is 2.03. The summed E-state index contributed by atoms with van der Waals surface area (Å²) in [5.41, 5.74) is 0. The van der Waals surface area contributed by atoms with Gasteiger partial charge in [-0.2, -0.15) is 0 Å². The third-order valence-corrected chi connectivity index (χ3v) is 2.60. The summed E-state index contributed by atoms with van der Waals surface area (Å²) in [5, 5.41) is 11.5. The lowest BCUT2D eigenvalue weighted by atomic mass is 10.2. The van der Waals surface area contributed by atoms with Crippen LogP contribution in [0.2, 0.25) is 0 Å². The first kappa shape index (κ1) is 12.2. The molecular formula is C11H22N4. The zero-order valence-electron chi connectivity index (χ0n) is 10.0.